The standard InChI is InChI=1S/C16H29NO2.2C15H29NO3.C15H27NO2.C13H23NO3.C5H7NO3.5CO2/c1-8-9-12-10-11-13(15(2,3)4)17(12)14(18)19-16(5,6)7;1-14(2,3)12-8-7-11(9-10-17)16(12)13(18)19-15(4,5)6;1-8-18-12-10-9-11(14(2,3)4)16(12)13(17)19-15(5,6)7;1-8-11-9-10-12(14(2,3)4)16(11)13(17)18-15(5,6)7;1-12(2,3)9-7-8-10(15)14(9)11(16)17-13(4,5)6;7-3-9-5-2-1-4(8)6-5;5*2-1-3/h8,12-13H,1,9-11H2,2-7H3;11-12,17H,7-10H2,1-6H3;11-12H,8-10H2,1-7H3;8,11-12H,1,9-10H2,2-7H3;9H,7-8H2,1-6H3;3,5H,1-2H2,(H,6,8);;;;;/t12?,13-;11?,12-;11-,12?;11?,12-;9-;5-;;;;;/m000001...../s1. The summed E-state index contributed by atoms with van der Waals surface area (Å²) >= 11 is 0. The molecule has 0 radical (unpaired) electrons. The van der Waals surface area contributed by atoms with Crippen LogP contribution in [-0.2, 0) is 95.5 Å². The first kappa shape index (κ1) is 116. The van der Waals surface area contributed by atoms with Gasteiger partial charge < -0.3 is 53.4 Å². The molecule has 116 heavy (non-hydrogen) atoms. The van der Waals surface area contributed by atoms with E-state index >= 15 is 0 Å². The van der Waals surface area contributed by atoms with E-state index in [9.17, 15) is 38.4 Å². The van der Waals surface area contributed by atoms with Gasteiger partial charge in [0.1, 0.15) is 34.2 Å². The summed E-state index contributed by atoms with van der Waals surface area (Å²) in [4.78, 5) is 184. The predicted octanol–water partition coefficient (Wildman–Crippen LogP) is 14.8. The average Bonchev–Trinajstić information content (AvgIpc) is 1.68. The van der Waals surface area contributed by atoms with Gasteiger partial charge in [-0.3, -0.25) is 24.2 Å². The van der Waals surface area contributed by atoms with Crippen molar-refractivity contribution < 1.29 is 125 Å². The Morgan fingerprint density at radius 3 is 1.04 bits per heavy atom. The lowest BCUT2D eigenvalue weighted by molar-refractivity contribution is -0.193. The van der Waals surface area contributed by atoms with Crippen molar-refractivity contribution in [1.29, 1.82) is 0 Å². The van der Waals surface area contributed by atoms with Gasteiger partial charge in [0.25, 0.3) is 6.47 Å². The van der Waals surface area contributed by atoms with E-state index in [1.54, 1.807) is 25.7 Å². The Labute approximate surface area is 690 Å². The molecule has 6 aliphatic rings. The number of ether oxygens (including phenoxy) is 7. The highest BCUT2D eigenvalue weighted by Crippen LogP contribution is 2.42. The van der Waals surface area contributed by atoms with Crippen molar-refractivity contribution >= 4 is 79.5 Å². The number of imide groups is 1. The van der Waals surface area contributed by atoms with Gasteiger partial charge in [-0.05, 0) is 208 Å². The van der Waals surface area contributed by atoms with Gasteiger partial charge in [-0.1, -0.05) is 116 Å². The van der Waals surface area contributed by atoms with Crippen LogP contribution in [0.25, 0.3) is 0 Å². The number of hydrogen-bond donors (Lipinski definition) is 2. The van der Waals surface area contributed by atoms with Crippen LogP contribution < -0.4 is 5.32 Å². The van der Waals surface area contributed by atoms with Gasteiger partial charge in [0.15, 0.2) is 6.23 Å². The van der Waals surface area contributed by atoms with Crippen molar-refractivity contribution in [1.82, 2.24) is 29.8 Å². The van der Waals surface area contributed by atoms with Crippen LogP contribution in [0.1, 0.15) is 305 Å². The zero-order valence-corrected chi connectivity index (χ0v) is 75.6. The second kappa shape index (κ2) is 52.8. The van der Waals surface area contributed by atoms with Crippen LogP contribution in [0.15, 0.2) is 25.3 Å². The number of rotatable bonds is 9. The quantitative estimate of drug-likeness (QED) is 0.123. The zero-order chi connectivity index (χ0) is 92.3. The topological polar surface area (TPSA) is 420 Å². The molecule has 666 valence electrons. The molecular weight excluding hydrogens is 1510 g/mol. The Balaban J connectivity index is -0.000000413. The largest absolute Gasteiger partial charge is 0.444 e. The van der Waals surface area contributed by atoms with Crippen LogP contribution in [0.4, 0.5) is 24.0 Å². The first-order valence-corrected chi connectivity index (χ1v) is 39.1. The van der Waals surface area contributed by atoms with Gasteiger partial charge in [0, 0.05) is 74.8 Å². The van der Waals surface area contributed by atoms with E-state index in [-0.39, 0.29) is 161 Å². The first-order chi connectivity index (χ1) is 52.7. The Morgan fingerprint density at radius 2 is 0.733 bits per heavy atom. The van der Waals surface area contributed by atoms with E-state index in [4.69, 9.17) is 81.5 Å². The third kappa shape index (κ3) is 48.1. The van der Waals surface area contributed by atoms with Gasteiger partial charge in [-0.2, -0.15) is 47.9 Å². The maximum atomic E-state index is 12.5. The molecule has 6 fully saturated rings. The SMILES string of the molecule is C=CC1CC[C@@H](C(C)(C)C)N1C(=O)OC(C)(C)C.C=CCC1CC[C@@H](C(C)(C)C)N1C(=O)OC(C)(C)C.CC(C)(C)OC(=O)N1C(=O)CC[C@H]1C(C)(C)C.CC(C)(C)OC(=O)N1C(CCO)CC[C@H]1C(C)(C)C.CCOC1CC[C@@H](C(C)(C)C)N1C(=O)OC(C)(C)C.O=C=O.O=C=O.O=C=O.O=C=O.O=C=O.O=CO[C@@H]1CCC(=O)N1. The van der Waals surface area contributed by atoms with Crippen LogP contribution in [0.3, 0.4) is 0 Å². The fourth-order valence-corrected chi connectivity index (χ4v) is 13.3. The van der Waals surface area contributed by atoms with Crippen LogP contribution >= 0.6 is 0 Å². The monoisotopic (exact) mass is 1650 g/mol. The number of aliphatic hydroxyl groups is 1. The summed E-state index contributed by atoms with van der Waals surface area (Å²) in [5.74, 6) is -0.180. The highest BCUT2D eigenvalue weighted by Gasteiger charge is 2.49. The number of hydrogen-bond acceptors (Lipinski definition) is 26. The maximum absolute atomic E-state index is 12.5. The van der Waals surface area contributed by atoms with Crippen LogP contribution in [0.2, 0.25) is 0 Å². The predicted molar refractivity (Wildman–Crippen MR) is 425 cm³/mol. The number of amides is 7. The number of carbonyl (C=O) groups excluding carboxylic acids is 18. The normalized spacial score (nSPS) is 21.5. The van der Waals surface area contributed by atoms with Crippen molar-refractivity contribution in [3.05, 3.63) is 25.3 Å². The molecule has 6 heterocycles. The number of carbonyl (C=O) groups is 8. The summed E-state index contributed by atoms with van der Waals surface area (Å²) in [6.45, 7) is 70.9. The number of aliphatic hydroxyl groups excluding tert-OH is 1. The van der Waals surface area contributed by atoms with Crippen LogP contribution in [-0.4, -0.2) is 211 Å². The molecule has 0 aromatic heterocycles. The van der Waals surface area contributed by atoms with Crippen LogP contribution in [0, 0.1) is 27.1 Å². The highest BCUT2D eigenvalue weighted by atomic mass is 16.6. The minimum Gasteiger partial charge on any atom is -0.444 e. The molecule has 6 aliphatic heterocycles. The van der Waals surface area contributed by atoms with Gasteiger partial charge in [-0.25, -0.2) is 28.9 Å². The number of nitrogens with zero attached hydrogens (tertiary/aromatic N) is 5. The van der Waals surface area contributed by atoms with Crippen molar-refractivity contribution in [2.75, 3.05) is 13.2 Å². The summed E-state index contributed by atoms with van der Waals surface area (Å²) in [5.41, 5.74) is -2.32. The maximum Gasteiger partial charge on any atom is 0.417 e. The van der Waals surface area contributed by atoms with Gasteiger partial charge in [0.2, 0.25) is 11.8 Å². The molecule has 6 rings (SSSR count). The van der Waals surface area contributed by atoms with Gasteiger partial charge in [-0.15, -0.1) is 13.2 Å². The molecule has 32 nitrogen and oxygen atoms in total. The van der Waals surface area contributed by atoms with E-state index in [2.05, 4.69) is 106 Å². The van der Waals surface area contributed by atoms with Crippen molar-refractivity contribution in [3.8, 4) is 0 Å². The third-order valence-corrected chi connectivity index (χ3v) is 17.7. The van der Waals surface area contributed by atoms with Gasteiger partial charge >= 0.3 is 61.2 Å². The molecule has 7 amide bonds. The minimum absolute atomic E-state index is 0.0289. The van der Waals surface area contributed by atoms with Crippen LogP contribution in [0.5, 0.6) is 0 Å². The Kier molecular flexibility index (Phi) is 52.8. The van der Waals surface area contributed by atoms with Crippen molar-refractivity contribution in [3.63, 3.8) is 0 Å². The summed E-state index contributed by atoms with van der Waals surface area (Å²) in [6, 6.07) is 1.18. The fraction of sp³-hybridized carbons (Fsp3) is 0.798. The average molecular weight is 1650 g/mol. The first-order valence-electron chi connectivity index (χ1n) is 39.1. The minimum atomic E-state index is -0.567. The zero-order valence-electron chi connectivity index (χ0n) is 75.6. The van der Waals surface area contributed by atoms with E-state index in [0.29, 0.717) is 38.8 Å². The molecule has 2 N–H and O–H groups in total. The smallest absolute Gasteiger partial charge is 0.417 e. The van der Waals surface area contributed by atoms with E-state index in [0.717, 1.165) is 64.2 Å². The summed E-state index contributed by atoms with van der Waals surface area (Å²) in [5, 5.41) is 11.6. The number of nitrogens with one attached hydrogen (secondary N) is 1. The van der Waals surface area contributed by atoms with Crippen molar-refractivity contribution in [2.24, 2.45) is 27.1 Å². The molecule has 0 aromatic carbocycles. The molecule has 0 aromatic rings. The number of likely N-dealkylation sites (tertiary alicyclic amines) is 5. The second-order valence-electron chi connectivity index (χ2n) is 38.4. The molecule has 0 saturated carbocycles. The molecule has 10 atom stereocenters. The Hall–Kier alpha value is -8.74. The second-order valence-corrected chi connectivity index (χ2v) is 38.4. The molecule has 6 saturated heterocycles. The lowest BCUT2D eigenvalue weighted by Crippen LogP contribution is -2.49. The Bertz CT molecular complexity index is 3050. The molecule has 4 unspecified atom stereocenters. The third-order valence-electron chi connectivity index (χ3n) is 17.7. The lowest BCUT2D eigenvalue weighted by Gasteiger charge is -2.38. The molecular formula is C84H144N6O26. The van der Waals surface area contributed by atoms with E-state index in [1.807, 2.05) is 138 Å². The summed E-state index contributed by atoms with van der Waals surface area (Å²) in [7, 11) is 0. The molecule has 0 bridgehead atoms. The highest BCUT2D eigenvalue weighted by molar-refractivity contribution is 5.94. The summed E-state index contributed by atoms with van der Waals surface area (Å²) in [6.07, 6.45) is 14.6. The van der Waals surface area contributed by atoms with E-state index < -0.39 is 34.1 Å². The van der Waals surface area contributed by atoms with E-state index in [1.165, 1.54) is 4.90 Å². The summed E-state index contributed by atoms with van der Waals surface area (Å²) < 4.78 is 37.6. The molecule has 0 spiro atoms. The van der Waals surface area contributed by atoms with Gasteiger partial charge in [0.05, 0.1) is 6.04 Å². The van der Waals surface area contributed by atoms with Crippen molar-refractivity contribution in [2.45, 2.75) is 393 Å². The fourth-order valence-electron chi connectivity index (χ4n) is 13.3. The Morgan fingerprint density at radius 1 is 0.422 bits per heavy atom. The molecule has 0 aliphatic carbocycles. The molecule has 32 heteroatoms. The lowest BCUT2D eigenvalue weighted by atomic mass is 9.85.